The summed E-state index contributed by atoms with van der Waals surface area (Å²) < 4.78 is 0. The lowest BCUT2D eigenvalue weighted by atomic mass is 10.2. The molecule has 2 N–H and O–H groups in total. The van der Waals surface area contributed by atoms with Crippen LogP contribution in [0.2, 0.25) is 0 Å². The highest BCUT2D eigenvalue weighted by atomic mass is 32.2. The van der Waals surface area contributed by atoms with E-state index in [1.165, 1.54) is 12.1 Å². The third-order valence-corrected chi connectivity index (χ3v) is 3.47. The van der Waals surface area contributed by atoms with Crippen LogP contribution in [0.25, 0.3) is 0 Å². The van der Waals surface area contributed by atoms with Gasteiger partial charge >= 0.3 is 5.97 Å². The van der Waals surface area contributed by atoms with E-state index < -0.39 is 5.97 Å². The molecule has 0 fully saturated rings. The highest BCUT2D eigenvalue weighted by Crippen LogP contribution is 2.07. The van der Waals surface area contributed by atoms with E-state index in [9.17, 15) is 9.59 Å². The molecular formula is C12H16N2O3S. The van der Waals surface area contributed by atoms with Crippen molar-refractivity contribution in [3.63, 3.8) is 0 Å². The van der Waals surface area contributed by atoms with Gasteiger partial charge in [0.05, 0.1) is 11.3 Å². The second-order valence-electron chi connectivity index (χ2n) is 3.89. The molecule has 0 bridgehead atoms. The maximum absolute atomic E-state index is 11.8. The quantitative estimate of drug-likeness (QED) is 0.847. The lowest BCUT2D eigenvalue weighted by Gasteiger charge is -2.10. The number of aryl methyl sites for hydroxylation is 1. The van der Waals surface area contributed by atoms with Crippen molar-refractivity contribution in [2.75, 3.05) is 12.8 Å². The van der Waals surface area contributed by atoms with Crippen molar-refractivity contribution in [2.45, 2.75) is 19.1 Å². The van der Waals surface area contributed by atoms with Gasteiger partial charge in [0.2, 0.25) is 0 Å². The SMILES string of the molecule is CSC(C)CNC(=O)c1ccc(C(=O)O)c(C)n1. The van der Waals surface area contributed by atoms with Crippen molar-refractivity contribution < 1.29 is 14.7 Å². The van der Waals surface area contributed by atoms with Gasteiger partial charge in [-0.1, -0.05) is 6.92 Å². The van der Waals surface area contributed by atoms with Gasteiger partial charge in [-0.3, -0.25) is 4.79 Å². The van der Waals surface area contributed by atoms with Crippen LogP contribution in [0, 0.1) is 6.92 Å². The molecule has 1 aromatic heterocycles. The highest BCUT2D eigenvalue weighted by molar-refractivity contribution is 7.99. The van der Waals surface area contributed by atoms with E-state index in [0.29, 0.717) is 17.5 Å². The molecule has 18 heavy (non-hydrogen) atoms. The second kappa shape index (κ2) is 6.39. The summed E-state index contributed by atoms with van der Waals surface area (Å²) in [4.78, 5) is 26.6. The summed E-state index contributed by atoms with van der Waals surface area (Å²) in [6.07, 6.45) is 1.97. The van der Waals surface area contributed by atoms with Gasteiger partial charge in [0.1, 0.15) is 5.69 Å². The predicted octanol–water partition coefficient (Wildman–Crippen LogP) is 1.57. The van der Waals surface area contributed by atoms with Gasteiger partial charge < -0.3 is 10.4 Å². The second-order valence-corrected chi connectivity index (χ2v) is 5.17. The Morgan fingerprint density at radius 2 is 2.17 bits per heavy atom. The molecule has 0 aliphatic carbocycles. The van der Waals surface area contributed by atoms with Crippen LogP contribution < -0.4 is 5.32 Å². The number of amides is 1. The molecule has 0 saturated carbocycles. The first kappa shape index (κ1) is 14.5. The van der Waals surface area contributed by atoms with Crippen molar-refractivity contribution in [3.8, 4) is 0 Å². The lowest BCUT2D eigenvalue weighted by molar-refractivity contribution is 0.0694. The van der Waals surface area contributed by atoms with Crippen LogP contribution in [0.3, 0.4) is 0 Å². The van der Waals surface area contributed by atoms with Crippen molar-refractivity contribution in [3.05, 3.63) is 29.1 Å². The van der Waals surface area contributed by atoms with Gasteiger partial charge in [-0.05, 0) is 25.3 Å². The molecule has 0 aliphatic heterocycles. The summed E-state index contributed by atoms with van der Waals surface area (Å²) in [5.74, 6) is -1.32. The average Bonchev–Trinajstić information content (AvgIpc) is 2.34. The van der Waals surface area contributed by atoms with E-state index in [4.69, 9.17) is 5.11 Å². The molecule has 98 valence electrons. The fourth-order valence-corrected chi connectivity index (χ4v) is 1.57. The first-order chi connectivity index (χ1) is 8.45. The van der Waals surface area contributed by atoms with Crippen LogP contribution in [-0.2, 0) is 0 Å². The number of pyridine rings is 1. The molecule has 1 atom stereocenters. The predicted molar refractivity (Wildman–Crippen MR) is 71.2 cm³/mol. The van der Waals surface area contributed by atoms with Crippen LogP contribution in [0.4, 0.5) is 0 Å². The molecule has 0 saturated heterocycles. The Balaban J connectivity index is 2.76. The number of thioether (sulfide) groups is 1. The zero-order valence-electron chi connectivity index (χ0n) is 10.6. The standard InChI is InChI=1S/C12H16N2O3S/c1-7(18-3)6-13-11(15)10-5-4-9(12(16)17)8(2)14-10/h4-5,7H,6H2,1-3H3,(H,13,15)(H,16,17). The molecule has 5 nitrogen and oxygen atoms in total. The Bertz CT molecular complexity index is 463. The first-order valence-electron chi connectivity index (χ1n) is 5.47. The summed E-state index contributed by atoms with van der Waals surface area (Å²) in [5.41, 5.74) is 0.697. The molecule has 1 rings (SSSR count). The van der Waals surface area contributed by atoms with E-state index >= 15 is 0 Å². The van der Waals surface area contributed by atoms with Crippen molar-refractivity contribution >= 4 is 23.6 Å². The zero-order chi connectivity index (χ0) is 13.7. The van der Waals surface area contributed by atoms with E-state index in [0.717, 1.165) is 0 Å². The number of nitrogens with one attached hydrogen (secondary N) is 1. The smallest absolute Gasteiger partial charge is 0.337 e. The highest BCUT2D eigenvalue weighted by Gasteiger charge is 2.13. The Morgan fingerprint density at radius 1 is 1.50 bits per heavy atom. The normalized spacial score (nSPS) is 11.9. The molecule has 1 unspecified atom stereocenters. The summed E-state index contributed by atoms with van der Waals surface area (Å²) in [7, 11) is 0. The third kappa shape index (κ3) is 3.73. The molecule has 6 heteroatoms. The summed E-state index contributed by atoms with van der Waals surface area (Å²) in [5, 5.41) is 11.9. The number of carbonyl (C=O) groups is 2. The minimum Gasteiger partial charge on any atom is -0.478 e. The van der Waals surface area contributed by atoms with Crippen LogP contribution in [0.5, 0.6) is 0 Å². The maximum atomic E-state index is 11.8. The van der Waals surface area contributed by atoms with E-state index in [-0.39, 0.29) is 17.2 Å². The van der Waals surface area contributed by atoms with Crippen LogP contribution in [0.1, 0.15) is 33.5 Å². The van der Waals surface area contributed by atoms with Gasteiger partial charge in [-0.2, -0.15) is 11.8 Å². The first-order valence-corrected chi connectivity index (χ1v) is 6.76. The maximum Gasteiger partial charge on any atom is 0.337 e. The number of carboxylic acids is 1. The Labute approximate surface area is 110 Å². The van der Waals surface area contributed by atoms with Gasteiger partial charge in [-0.25, -0.2) is 9.78 Å². The van der Waals surface area contributed by atoms with Crippen LogP contribution >= 0.6 is 11.8 Å². The molecule has 0 aliphatic rings. The number of carboxylic acid groups (broad SMARTS) is 1. The van der Waals surface area contributed by atoms with E-state index in [1.807, 2.05) is 13.2 Å². The van der Waals surface area contributed by atoms with Crippen molar-refractivity contribution in [1.82, 2.24) is 10.3 Å². The average molecular weight is 268 g/mol. The fraction of sp³-hybridized carbons (Fsp3) is 0.417. The minimum absolute atomic E-state index is 0.115. The third-order valence-electron chi connectivity index (χ3n) is 2.50. The monoisotopic (exact) mass is 268 g/mol. The van der Waals surface area contributed by atoms with Crippen molar-refractivity contribution in [2.24, 2.45) is 0 Å². The molecular weight excluding hydrogens is 252 g/mol. The Hall–Kier alpha value is -1.56. The number of hydrogen-bond donors (Lipinski definition) is 2. The summed E-state index contributed by atoms with van der Waals surface area (Å²) in [6, 6.07) is 2.83. The van der Waals surface area contributed by atoms with Gasteiger partial charge in [-0.15, -0.1) is 0 Å². The largest absolute Gasteiger partial charge is 0.478 e. The van der Waals surface area contributed by atoms with Gasteiger partial charge in [0, 0.05) is 11.8 Å². The number of carbonyl (C=O) groups excluding carboxylic acids is 1. The fourth-order valence-electron chi connectivity index (χ4n) is 1.32. The molecule has 1 heterocycles. The van der Waals surface area contributed by atoms with Gasteiger partial charge in [0.15, 0.2) is 0 Å². The van der Waals surface area contributed by atoms with E-state index in [2.05, 4.69) is 10.3 Å². The topological polar surface area (TPSA) is 79.3 Å². The van der Waals surface area contributed by atoms with Crippen molar-refractivity contribution in [1.29, 1.82) is 0 Å². The molecule has 1 amide bonds. The van der Waals surface area contributed by atoms with Crippen LogP contribution in [-0.4, -0.2) is 40.0 Å². The number of aromatic carboxylic acids is 1. The lowest BCUT2D eigenvalue weighted by Crippen LogP contribution is -2.30. The summed E-state index contributed by atoms with van der Waals surface area (Å²) >= 11 is 1.66. The molecule has 0 spiro atoms. The minimum atomic E-state index is -1.04. The number of rotatable bonds is 5. The van der Waals surface area contributed by atoms with Gasteiger partial charge in [0.25, 0.3) is 5.91 Å². The Kier molecular flexibility index (Phi) is 5.15. The van der Waals surface area contributed by atoms with E-state index in [1.54, 1.807) is 18.7 Å². The Morgan fingerprint density at radius 3 is 2.67 bits per heavy atom. The zero-order valence-corrected chi connectivity index (χ0v) is 11.4. The summed E-state index contributed by atoms with van der Waals surface area (Å²) in [6.45, 7) is 4.14. The van der Waals surface area contributed by atoms with Crippen LogP contribution in [0.15, 0.2) is 12.1 Å². The molecule has 1 aromatic rings. The molecule has 0 aromatic carbocycles. The molecule has 0 radical (unpaired) electrons. The number of nitrogens with zero attached hydrogens (tertiary/aromatic N) is 1. The number of aromatic nitrogens is 1. The number of hydrogen-bond acceptors (Lipinski definition) is 4.